The lowest BCUT2D eigenvalue weighted by molar-refractivity contribution is 0.776. The van der Waals surface area contributed by atoms with E-state index in [1.54, 1.807) is 0 Å². The quantitative estimate of drug-likeness (QED) is 0.786. The zero-order valence-electron chi connectivity index (χ0n) is 11.4. The topological polar surface area (TPSA) is 27.0 Å². The number of para-hydroxylation sites is 1. The van der Waals surface area contributed by atoms with Gasteiger partial charge in [0.05, 0.1) is 6.07 Å². The van der Waals surface area contributed by atoms with E-state index in [1.165, 1.54) is 16.8 Å². The molecule has 0 saturated carbocycles. The first kappa shape index (κ1) is 12.7. The first-order valence-electron chi connectivity index (χ1n) is 6.57. The van der Waals surface area contributed by atoms with Gasteiger partial charge in [-0.2, -0.15) is 5.26 Å². The van der Waals surface area contributed by atoms with Gasteiger partial charge in [-0.05, 0) is 30.4 Å². The number of nitriles is 1. The van der Waals surface area contributed by atoms with Gasteiger partial charge in [0, 0.05) is 24.4 Å². The van der Waals surface area contributed by atoms with E-state index in [0.717, 1.165) is 25.1 Å². The summed E-state index contributed by atoms with van der Waals surface area (Å²) in [6.07, 6.45) is 2.92. The summed E-state index contributed by atoms with van der Waals surface area (Å²) in [4.78, 5) is 2.39. The minimum absolute atomic E-state index is 0.529. The summed E-state index contributed by atoms with van der Waals surface area (Å²) in [7, 11) is 0. The van der Waals surface area contributed by atoms with Crippen LogP contribution < -0.4 is 4.90 Å². The van der Waals surface area contributed by atoms with E-state index in [1.807, 2.05) is 0 Å². The van der Waals surface area contributed by atoms with Gasteiger partial charge in [0.1, 0.15) is 0 Å². The van der Waals surface area contributed by atoms with Gasteiger partial charge in [-0.3, -0.25) is 0 Å². The minimum Gasteiger partial charge on any atom is -0.367 e. The Morgan fingerprint density at radius 1 is 1.33 bits per heavy atom. The van der Waals surface area contributed by atoms with Crippen LogP contribution in [0.2, 0.25) is 0 Å². The van der Waals surface area contributed by atoms with Crippen molar-refractivity contribution in [2.75, 3.05) is 18.0 Å². The molecule has 0 unspecified atom stereocenters. The maximum Gasteiger partial charge on any atom is 0.0945 e. The minimum atomic E-state index is 0.529. The monoisotopic (exact) mass is 240 g/mol. The van der Waals surface area contributed by atoms with E-state index in [-0.39, 0.29) is 0 Å². The van der Waals surface area contributed by atoms with Crippen molar-refractivity contribution in [1.29, 1.82) is 5.26 Å². The fraction of sp³-hybridized carbons (Fsp3) is 0.438. The van der Waals surface area contributed by atoms with Crippen LogP contribution in [0.5, 0.6) is 0 Å². The van der Waals surface area contributed by atoms with Crippen LogP contribution in [0.25, 0.3) is 0 Å². The standard InChI is InChI=1S/C16H20N2/c1-12(2)15-6-4-5-13(3)16(15)18-9-7-14(11-17)8-10-18/h4-7,12H,8-10H2,1-3H3. The lowest BCUT2D eigenvalue weighted by Gasteiger charge is -2.31. The van der Waals surface area contributed by atoms with Crippen molar-refractivity contribution in [2.24, 2.45) is 0 Å². The predicted molar refractivity (Wildman–Crippen MR) is 75.8 cm³/mol. The van der Waals surface area contributed by atoms with Crippen molar-refractivity contribution in [1.82, 2.24) is 0 Å². The molecule has 1 aromatic carbocycles. The molecule has 0 atom stereocenters. The van der Waals surface area contributed by atoms with Crippen molar-refractivity contribution >= 4 is 5.69 Å². The fourth-order valence-electron chi connectivity index (χ4n) is 2.55. The van der Waals surface area contributed by atoms with E-state index in [2.05, 4.69) is 56.0 Å². The van der Waals surface area contributed by atoms with Crippen LogP contribution in [0.4, 0.5) is 5.69 Å². The Balaban J connectivity index is 2.35. The number of anilines is 1. The molecule has 1 aromatic rings. The van der Waals surface area contributed by atoms with Crippen molar-refractivity contribution in [3.05, 3.63) is 41.0 Å². The first-order chi connectivity index (χ1) is 8.63. The second-order valence-corrected chi connectivity index (χ2v) is 5.20. The van der Waals surface area contributed by atoms with Gasteiger partial charge in [-0.15, -0.1) is 0 Å². The zero-order chi connectivity index (χ0) is 13.1. The molecule has 18 heavy (non-hydrogen) atoms. The third-order valence-electron chi connectivity index (χ3n) is 3.56. The highest BCUT2D eigenvalue weighted by Gasteiger charge is 2.18. The van der Waals surface area contributed by atoms with Crippen LogP contribution in [0.15, 0.2) is 29.8 Å². The average molecular weight is 240 g/mol. The second-order valence-electron chi connectivity index (χ2n) is 5.20. The SMILES string of the molecule is Cc1cccc(C(C)C)c1N1CC=C(C#N)CC1. The lowest BCUT2D eigenvalue weighted by atomic mass is 9.96. The van der Waals surface area contributed by atoms with E-state index >= 15 is 0 Å². The summed E-state index contributed by atoms with van der Waals surface area (Å²) < 4.78 is 0. The second kappa shape index (κ2) is 5.27. The molecule has 0 saturated heterocycles. The summed E-state index contributed by atoms with van der Waals surface area (Å²) in [6.45, 7) is 8.44. The van der Waals surface area contributed by atoms with Gasteiger partial charge in [-0.25, -0.2) is 0 Å². The largest absolute Gasteiger partial charge is 0.367 e. The third kappa shape index (κ3) is 2.41. The molecule has 2 heteroatoms. The molecule has 1 aliphatic rings. The number of nitrogens with zero attached hydrogens (tertiary/aromatic N) is 2. The van der Waals surface area contributed by atoms with Crippen LogP contribution in [-0.4, -0.2) is 13.1 Å². The predicted octanol–water partition coefficient (Wildman–Crippen LogP) is 3.78. The molecule has 1 aliphatic heterocycles. The summed E-state index contributed by atoms with van der Waals surface area (Å²) in [5, 5.41) is 8.91. The fourth-order valence-corrected chi connectivity index (χ4v) is 2.55. The molecule has 0 aliphatic carbocycles. The molecular formula is C16H20N2. The van der Waals surface area contributed by atoms with Gasteiger partial charge < -0.3 is 4.90 Å². The van der Waals surface area contributed by atoms with Crippen LogP contribution in [-0.2, 0) is 0 Å². The first-order valence-corrected chi connectivity index (χ1v) is 6.57. The van der Waals surface area contributed by atoms with Gasteiger partial charge >= 0.3 is 0 Å². The Labute approximate surface area is 110 Å². The highest BCUT2D eigenvalue weighted by atomic mass is 15.1. The highest BCUT2D eigenvalue weighted by Crippen LogP contribution is 2.32. The maximum absolute atomic E-state index is 8.91. The van der Waals surface area contributed by atoms with Crippen molar-refractivity contribution in [3.8, 4) is 6.07 Å². The van der Waals surface area contributed by atoms with Crippen molar-refractivity contribution < 1.29 is 0 Å². The molecule has 94 valence electrons. The summed E-state index contributed by atoms with van der Waals surface area (Å²) >= 11 is 0. The molecule has 0 bridgehead atoms. The highest BCUT2D eigenvalue weighted by molar-refractivity contribution is 5.61. The van der Waals surface area contributed by atoms with Crippen LogP contribution in [0.3, 0.4) is 0 Å². The smallest absolute Gasteiger partial charge is 0.0945 e. The Morgan fingerprint density at radius 2 is 2.11 bits per heavy atom. The average Bonchev–Trinajstić information content (AvgIpc) is 2.38. The normalized spacial score (nSPS) is 15.5. The molecule has 0 amide bonds. The van der Waals surface area contributed by atoms with Gasteiger partial charge in [-0.1, -0.05) is 38.1 Å². The van der Waals surface area contributed by atoms with Gasteiger partial charge in [0.2, 0.25) is 0 Å². The molecule has 1 heterocycles. The number of benzene rings is 1. The lowest BCUT2D eigenvalue weighted by Crippen LogP contribution is -2.30. The van der Waals surface area contributed by atoms with Gasteiger partial charge in [0.25, 0.3) is 0 Å². The molecular weight excluding hydrogens is 220 g/mol. The Hall–Kier alpha value is -1.75. The van der Waals surface area contributed by atoms with Crippen LogP contribution in [0.1, 0.15) is 37.3 Å². The molecule has 2 nitrogen and oxygen atoms in total. The van der Waals surface area contributed by atoms with E-state index < -0.39 is 0 Å². The van der Waals surface area contributed by atoms with Gasteiger partial charge in [0.15, 0.2) is 0 Å². The van der Waals surface area contributed by atoms with Crippen molar-refractivity contribution in [2.45, 2.75) is 33.1 Å². The van der Waals surface area contributed by atoms with E-state index in [0.29, 0.717) is 5.92 Å². The summed E-state index contributed by atoms with van der Waals surface area (Å²) in [6, 6.07) is 8.79. The Bertz CT molecular complexity index is 506. The van der Waals surface area contributed by atoms with E-state index in [4.69, 9.17) is 5.26 Å². The number of aryl methyl sites for hydroxylation is 1. The zero-order valence-corrected chi connectivity index (χ0v) is 11.4. The summed E-state index contributed by atoms with van der Waals surface area (Å²) in [5.41, 5.74) is 5.02. The number of rotatable bonds is 2. The maximum atomic E-state index is 8.91. The number of hydrogen-bond acceptors (Lipinski definition) is 2. The van der Waals surface area contributed by atoms with Crippen LogP contribution in [0, 0.1) is 18.3 Å². The van der Waals surface area contributed by atoms with E-state index in [9.17, 15) is 0 Å². The summed E-state index contributed by atoms with van der Waals surface area (Å²) in [5.74, 6) is 0.529. The van der Waals surface area contributed by atoms with Crippen molar-refractivity contribution in [3.63, 3.8) is 0 Å². The molecule has 0 aromatic heterocycles. The van der Waals surface area contributed by atoms with Crippen LogP contribution >= 0.6 is 0 Å². The number of hydrogen-bond donors (Lipinski definition) is 0. The molecule has 0 N–H and O–H groups in total. The molecule has 0 spiro atoms. The molecule has 0 fully saturated rings. The molecule has 0 radical (unpaired) electrons. The molecule has 2 rings (SSSR count). The Kier molecular flexibility index (Phi) is 3.72. The third-order valence-corrected chi connectivity index (χ3v) is 3.56. The Morgan fingerprint density at radius 3 is 2.67 bits per heavy atom.